The van der Waals surface area contributed by atoms with Crippen LogP contribution in [0.2, 0.25) is 0 Å². The highest BCUT2D eigenvalue weighted by Gasteiger charge is 2.28. The summed E-state index contributed by atoms with van der Waals surface area (Å²) in [7, 11) is -3.24. The largest absolute Gasteiger partial charge is 0.412 e. The minimum atomic E-state index is -3.24. The summed E-state index contributed by atoms with van der Waals surface area (Å²) < 4.78 is 43.9. The molecule has 3 N–H and O–H groups in total. The number of rotatable bonds is 4. The molecule has 33 heavy (non-hydrogen) atoms. The Balaban J connectivity index is 1.47. The van der Waals surface area contributed by atoms with Crippen molar-refractivity contribution in [2.75, 3.05) is 24.7 Å². The fourth-order valence-corrected chi connectivity index (χ4v) is 5.00. The molecule has 0 unspecified atom stereocenters. The lowest BCUT2D eigenvalue weighted by atomic mass is 10.0. The Morgan fingerprint density at radius 1 is 1.27 bits per heavy atom. The number of hydrogen-bond acceptors (Lipinski definition) is 5. The van der Waals surface area contributed by atoms with Gasteiger partial charge in [-0.15, -0.1) is 0 Å². The molecule has 0 radical (unpaired) electrons. The molecule has 4 rings (SSSR count). The van der Waals surface area contributed by atoms with Gasteiger partial charge in [0.25, 0.3) is 5.91 Å². The van der Waals surface area contributed by atoms with Gasteiger partial charge in [-0.3, -0.25) is 4.79 Å². The summed E-state index contributed by atoms with van der Waals surface area (Å²) in [6, 6.07) is 3.90. The van der Waals surface area contributed by atoms with Crippen LogP contribution in [-0.4, -0.2) is 55.1 Å². The Labute approximate surface area is 191 Å². The van der Waals surface area contributed by atoms with Gasteiger partial charge in [0, 0.05) is 41.6 Å². The number of benzene rings is 1. The number of H-pyrrole nitrogens is 1. The van der Waals surface area contributed by atoms with E-state index in [-0.39, 0.29) is 11.9 Å². The molecular formula is C22H25FN4O5S. The van der Waals surface area contributed by atoms with Crippen LogP contribution in [0.25, 0.3) is 11.6 Å². The summed E-state index contributed by atoms with van der Waals surface area (Å²) in [4.78, 5) is 28.0. The quantitative estimate of drug-likeness (QED) is 0.586. The number of nitrogens with zero attached hydrogens (tertiary/aromatic N) is 1. The molecule has 0 aliphatic carbocycles. The van der Waals surface area contributed by atoms with Crippen LogP contribution in [0.3, 0.4) is 0 Å². The van der Waals surface area contributed by atoms with Gasteiger partial charge in [0.05, 0.1) is 17.5 Å². The highest BCUT2D eigenvalue weighted by Crippen LogP contribution is 2.35. The van der Waals surface area contributed by atoms with Crippen molar-refractivity contribution in [3.8, 4) is 5.75 Å². The van der Waals surface area contributed by atoms with Gasteiger partial charge in [0.1, 0.15) is 5.82 Å². The Bertz CT molecular complexity index is 1260. The van der Waals surface area contributed by atoms with Crippen LogP contribution >= 0.6 is 0 Å². The van der Waals surface area contributed by atoms with Gasteiger partial charge < -0.3 is 20.4 Å². The van der Waals surface area contributed by atoms with Crippen LogP contribution in [0.5, 0.6) is 5.75 Å². The number of aryl methyl sites for hydroxylation is 1. The molecule has 2 aliphatic heterocycles. The lowest BCUT2D eigenvalue weighted by Crippen LogP contribution is -2.46. The van der Waals surface area contributed by atoms with Crippen molar-refractivity contribution in [1.29, 1.82) is 0 Å². The SMILES string of the molecule is Cc1[nH]c(/C=C2\C(=O)Nc3ccc(F)cc32)c(C)c1OC(=O)NC1CCN(S(C)(=O)=O)CC1. The number of carbonyl (C=O) groups excluding carboxylic acids is 2. The second kappa shape index (κ2) is 8.64. The van der Waals surface area contributed by atoms with Gasteiger partial charge >= 0.3 is 6.09 Å². The highest BCUT2D eigenvalue weighted by atomic mass is 32.2. The van der Waals surface area contributed by atoms with Crippen LogP contribution in [-0.2, 0) is 14.8 Å². The predicted octanol–water partition coefficient (Wildman–Crippen LogP) is 2.78. The zero-order valence-electron chi connectivity index (χ0n) is 18.5. The van der Waals surface area contributed by atoms with E-state index in [1.54, 1.807) is 19.9 Å². The van der Waals surface area contributed by atoms with Crippen LogP contribution in [0, 0.1) is 19.7 Å². The lowest BCUT2D eigenvalue weighted by molar-refractivity contribution is -0.110. The average Bonchev–Trinajstić information content (AvgIpc) is 3.18. The lowest BCUT2D eigenvalue weighted by Gasteiger charge is -2.30. The number of nitrogens with one attached hydrogen (secondary N) is 3. The fraction of sp³-hybridized carbons (Fsp3) is 0.364. The number of hydrogen-bond donors (Lipinski definition) is 3. The zero-order chi connectivity index (χ0) is 23.9. The number of carbonyl (C=O) groups is 2. The van der Waals surface area contributed by atoms with E-state index in [4.69, 9.17) is 4.74 Å². The summed E-state index contributed by atoms with van der Waals surface area (Å²) in [5, 5.41) is 5.49. The summed E-state index contributed by atoms with van der Waals surface area (Å²) in [5.74, 6) is -0.452. The third-order valence-electron chi connectivity index (χ3n) is 5.90. The Hall–Kier alpha value is -3.18. The van der Waals surface area contributed by atoms with E-state index < -0.39 is 21.9 Å². The molecule has 2 aromatic rings. The van der Waals surface area contributed by atoms with Gasteiger partial charge in [0.2, 0.25) is 10.0 Å². The monoisotopic (exact) mass is 476 g/mol. The van der Waals surface area contributed by atoms with Gasteiger partial charge in [-0.1, -0.05) is 0 Å². The summed E-state index contributed by atoms with van der Waals surface area (Å²) in [6.07, 6.45) is 3.13. The number of ether oxygens (including phenoxy) is 1. The Morgan fingerprint density at radius 2 is 1.97 bits per heavy atom. The van der Waals surface area contributed by atoms with Crippen molar-refractivity contribution >= 4 is 39.4 Å². The maximum atomic E-state index is 13.7. The first-order valence-electron chi connectivity index (χ1n) is 10.5. The standard InChI is InChI=1S/C22H25FN4O5S/c1-12-19(11-17-16-10-14(23)4-5-18(16)26-21(17)28)24-13(2)20(12)32-22(29)25-15-6-8-27(9-7-15)33(3,30)31/h4-5,10-11,15,24H,6-9H2,1-3H3,(H,25,29)(H,26,28)/b17-11-. The van der Waals surface area contributed by atoms with Crippen molar-refractivity contribution < 1.29 is 27.1 Å². The van der Waals surface area contributed by atoms with Crippen LogP contribution in [0.15, 0.2) is 18.2 Å². The number of piperidine rings is 1. The second-order valence-corrected chi connectivity index (χ2v) is 10.3. The van der Waals surface area contributed by atoms with E-state index in [0.717, 1.165) is 0 Å². The first-order valence-corrected chi connectivity index (χ1v) is 12.3. The molecule has 0 atom stereocenters. The van der Waals surface area contributed by atoms with Crippen LogP contribution in [0.1, 0.15) is 35.4 Å². The number of halogens is 1. The summed E-state index contributed by atoms with van der Waals surface area (Å²) >= 11 is 0. The molecular weight excluding hydrogens is 451 g/mol. The van der Waals surface area contributed by atoms with E-state index in [1.165, 1.54) is 28.8 Å². The topological polar surface area (TPSA) is 121 Å². The van der Waals surface area contributed by atoms with Crippen LogP contribution < -0.4 is 15.4 Å². The van der Waals surface area contributed by atoms with E-state index in [9.17, 15) is 22.4 Å². The smallest absolute Gasteiger partial charge is 0.408 e. The third-order valence-corrected chi connectivity index (χ3v) is 7.20. The van der Waals surface area contributed by atoms with Crippen LogP contribution in [0.4, 0.5) is 14.9 Å². The second-order valence-electron chi connectivity index (χ2n) is 8.29. The Kier molecular flexibility index (Phi) is 6.02. The molecule has 2 amide bonds. The first kappa shape index (κ1) is 23.0. The normalized spacial score (nSPS) is 18.3. The van der Waals surface area contributed by atoms with Crippen molar-refractivity contribution in [3.63, 3.8) is 0 Å². The predicted molar refractivity (Wildman–Crippen MR) is 122 cm³/mol. The third kappa shape index (κ3) is 4.79. The van der Waals surface area contributed by atoms with Crippen molar-refractivity contribution in [1.82, 2.24) is 14.6 Å². The number of anilines is 1. The highest BCUT2D eigenvalue weighted by molar-refractivity contribution is 7.88. The molecule has 1 aromatic carbocycles. The molecule has 0 saturated carbocycles. The van der Waals surface area contributed by atoms with Gasteiger partial charge in [-0.05, 0) is 51.0 Å². The molecule has 3 heterocycles. The van der Waals surface area contributed by atoms with E-state index in [2.05, 4.69) is 15.6 Å². The number of fused-ring (bicyclic) bond motifs is 1. The Morgan fingerprint density at radius 3 is 2.64 bits per heavy atom. The average molecular weight is 477 g/mol. The minimum absolute atomic E-state index is 0.190. The zero-order valence-corrected chi connectivity index (χ0v) is 19.3. The van der Waals surface area contributed by atoms with Crippen molar-refractivity contribution in [3.05, 3.63) is 46.5 Å². The molecule has 0 bridgehead atoms. The van der Waals surface area contributed by atoms with E-state index >= 15 is 0 Å². The maximum absolute atomic E-state index is 13.7. The molecule has 176 valence electrons. The molecule has 0 spiro atoms. The molecule has 1 saturated heterocycles. The molecule has 1 fully saturated rings. The van der Waals surface area contributed by atoms with Gasteiger partial charge in [0.15, 0.2) is 5.75 Å². The van der Waals surface area contributed by atoms with Crippen molar-refractivity contribution in [2.45, 2.75) is 32.7 Å². The number of aromatic amines is 1. The maximum Gasteiger partial charge on any atom is 0.412 e. The molecule has 11 heteroatoms. The number of sulfonamides is 1. The molecule has 1 aromatic heterocycles. The molecule has 9 nitrogen and oxygen atoms in total. The first-order chi connectivity index (χ1) is 15.5. The minimum Gasteiger partial charge on any atom is -0.408 e. The number of aromatic nitrogens is 1. The van der Waals surface area contributed by atoms with Gasteiger partial charge in [-0.25, -0.2) is 21.9 Å². The van der Waals surface area contributed by atoms with Crippen molar-refractivity contribution in [2.24, 2.45) is 0 Å². The summed E-state index contributed by atoms with van der Waals surface area (Å²) in [6.45, 7) is 4.18. The molecule has 2 aliphatic rings. The van der Waals surface area contributed by atoms with E-state index in [0.29, 0.717) is 65.5 Å². The number of amides is 2. The van der Waals surface area contributed by atoms with Gasteiger partial charge in [-0.2, -0.15) is 0 Å². The summed E-state index contributed by atoms with van der Waals surface area (Å²) in [5.41, 5.74) is 3.10. The van der Waals surface area contributed by atoms with E-state index in [1.807, 2.05) is 0 Å². The fourth-order valence-electron chi connectivity index (χ4n) is 4.12.